The van der Waals surface area contributed by atoms with Crippen molar-refractivity contribution < 1.29 is 0 Å². The molecule has 0 saturated heterocycles. The van der Waals surface area contributed by atoms with Crippen LogP contribution in [0.15, 0.2) is 102 Å². The summed E-state index contributed by atoms with van der Waals surface area (Å²) < 4.78 is 0. The Morgan fingerprint density at radius 3 is 2.36 bits per heavy atom. The van der Waals surface area contributed by atoms with Gasteiger partial charge in [0.25, 0.3) is 0 Å². The number of aryl methyl sites for hydroxylation is 1. The second kappa shape index (κ2) is 9.38. The molecule has 36 heavy (non-hydrogen) atoms. The molecule has 0 radical (unpaired) electrons. The molecule has 0 N–H and O–H groups in total. The molecule has 0 spiro atoms. The van der Waals surface area contributed by atoms with Gasteiger partial charge in [-0.2, -0.15) is 5.10 Å². The number of hydrogen-bond acceptors (Lipinski definition) is 4. The summed E-state index contributed by atoms with van der Waals surface area (Å²) in [4.78, 5) is 10.0. The molecule has 1 atom stereocenters. The van der Waals surface area contributed by atoms with Crippen LogP contribution in [0.3, 0.4) is 0 Å². The van der Waals surface area contributed by atoms with Crippen LogP contribution >= 0.6 is 23.2 Å². The quantitative estimate of drug-likeness (QED) is 0.245. The predicted molar refractivity (Wildman–Crippen MR) is 149 cm³/mol. The van der Waals surface area contributed by atoms with Gasteiger partial charge in [-0.15, -0.1) is 0 Å². The van der Waals surface area contributed by atoms with E-state index in [-0.39, 0.29) is 6.04 Å². The largest absolute Gasteiger partial charge is 0.247 e. The van der Waals surface area contributed by atoms with E-state index >= 15 is 0 Å². The third-order valence-corrected chi connectivity index (χ3v) is 6.90. The molecule has 0 amide bonds. The van der Waals surface area contributed by atoms with Crippen molar-refractivity contribution in [3.63, 3.8) is 0 Å². The van der Waals surface area contributed by atoms with Gasteiger partial charge in [-0.25, -0.2) is 15.0 Å². The van der Waals surface area contributed by atoms with Crippen LogP contribution in [-0.4, -0.2) is 15.7 Å². The molecule has 176 valence electrons. The van der Waals surface area contributed by atoms with E-state index < -0.39 is 0 Å². The number of hydrazone groups is 1. The van der Waals surface area contributed by atoms with Crippen LogP contribution in [0.25, 0.3) is 22.2 Å². The molecule has 0 saturated carbocycles. The van der Waals surface area contributed by atoms with Crippen LogP contribution < -0.4 is 5.01 Å². The number of aromatic nitrogens is 2. The first-order valence-electron chi connectivity index (χ1n) is 11.8. The average molecular weight is 509 g/mol. The highest BCUT2D eigenvalue weighted by Gasteiger charge is 2.32. The summed E-state index contributed by atoms with van der Waals surface area (Å²) in [6, 6.07) is 32.1. The van der Waals surface area contributed by atoms with Gasteiger partial charge < -0.3 is 0 Å². The van der Waals surface area contributed by atoms with Gasteiger partial charge in [0, 0.05) is 27.4 Å². The summed E-state index contributed by atoms with van der Waals surface area (Å²) in [6.07, 6.45) is 0.719. The van der Waals surface area contributed by atoms with E-state index in [2.05, 4.69) is 37.3 Å². The van der Waals surface area contributed by atoms with Crippen molar-refractivity contribution in [2.75, 3.05) is 5.01 Å². The molecule has 0 fully saturated rings. The van der Waals surface area contributed by atoms with Crippen molar-refractivity contribution in [1.82, 2.24) is 9.97 Å². The number of benzene rings is 4. The first-order valence-corrected chi connectivity index (χ1v) is 12.5. The Hall–Kier alpha value is -3.73. The number of halogens is 2. The third-order valence-electron chi connectivity index (χ3n) is 6.41. The molecule has 1 aliphatic rings. The summed E-state index contributed by atoms with van der Waals surface area (Å²) in [7, 11) is 0. The van der Waals surface area contributed by atoms with Gasteiger partial charge in [-0.05, 0) is 48.4 Å². The van der Waals surface area contributed by atoms with Crippen molar-refractivity contribution in [3.05, 3.63) is 124 Å². The minimum atomic E-state index is -0.0848. The summed E-state index contributed by atoms with van der Waals surface area (Å²) in [5, 5.41) is 9.37. The van der Waals surface area contributed by atoms with Crippen LogP contribution in [0.5, 0.6) is 0 Å². The normalized spacial score (nSPS) is 15.4. The zero-order valence-corrected chi connectivity index (χ0v) is 21.1. The molecule has 4 nitrogen and oxygen atoms in total. The molecule has 5 aromatic rings. The van der Waals surface area contributed by atoms with Crippen molar-refractivity contribution in [1.29, 1.82) is 0 Å². The van der Waals surface area contributed by atoms with Crippen LogP contribution in [0.1, 0.15) is 29.2 Å². The fourth-order valence-electron chi connectivity index (χ4n) is 4.66. The van der Waals surface area contributed by atoms with Crippen LogP contribution in [-0.2, 0) is 0 Å². The minimum Gasteiger partial charge on any atom is -0.223 e. The van der Waals surface area contributed by atoms with E-state index in [0.29, 0.717) is 16.0 Å². The Labute approximate surface area is 219 Å². The SMILES string of the molecule is Cc1cccc(C2=NN(c3nc(-c4ccc(Cl)cc4)c4ccccc4n3)[C@@H](c3cccc(Cl)c3)C2)c1. The van der Waals surface area contributed by atoms with Crippen molar-refractivity contribution in [2.45, 2.75) is 19.4 Å². The summed E-state index contributed by atoms with van der Waals surface area (Å²) >= 11 is 12.6. The molecular weight excluding hydrogens is 487 g/mol. The molecule has 0 unspecified atom stereocenters. The molecule has 2 heterocycles. The maximum Gasteiger partial charge on any atom is 0.247 e. The van der Waals surface area contributed by atoms with Crippen molar-refractivity contribution in [3.8, 4) is 11.3 Å². The molecule has 6 heteroatoms. The number of rotatable bonds is 4. The minimum absolute atomic E-state index is 0.0848. The van der Waals surface area contributed by atoms with Gasteiger partial charge in [0.1, 0.15) is 0 Å². The zero-order chi connectivity index (χ0) is 24.6. The maximum atomic E-state index is 6.39. The summed E-state index contributed by atoms with van der Waals surface area (Å²) in [5.74, 6) is 0.547. The first kappa shape index (κ1) is 22.7. The lowest BCUT2D eigenvalue weighted by Crippen LogP contribution is -2.21. The van der Waals surface area contributed by atoms with E-state index in [1.165, 1.54) is 5.56 Å². The van der Waals surface area contributed by atoms with Gasteiger partial charge in [-0.1, -0.05) is 95.5 Å². The standard InChI is InChI=1S/C30H22Cl2N4/c1-19-6-4-7-21(16-19)27-18-28(22-8-5-9-24(32)17-22)36(35-27)30-33-26-11-3-2-10-25(26)29(34-30)20-12-14-23(31)15-13-20/h2-17,28H,18H2,1H3/t28-/m1/s1. The Morgan fingerprint density at radius 1 is 0.750 bits per heavy atom. The Kier molecular flexibility index (Phi) is 5.92. The topological polar surface area (TPSA) is 41.4 Å². The van der Waals surface area contributed by atoms with E-state index in [9.17, 15) is 0 Å². The number of anilines is 1. The summed E-state index contributed by atoms with van der Waals surface area (Å²) in [5.41, 5.74) is 7.03. The highest BCUT2D eigenvalue weighted by Crippen LogP contribution is 2.38. The second-order valence-electron chi connectivity index (χ2n) is 8.93. The lowest BCUT2D eigenvalue weighted by Gasteiger charge is -2.23. The van der Waals surface area contributed by atoms with Crippen LogP contribution in [0.4, 0.5) is 5.95 Å². The molecule has 0 bridgehead atoms. The number of fused-ring (bicyclic) bond motifs is 1. The van der Waals surface area contributed by atoms with Crippen LogP contribution in [0.2, 0.25) is 10.0 Å². The second-order valence-corrected chi connectivity index (χ2v) is 9.80. The Morgan fingerprint density at radius 2 is 1.56 bits per heavy atom. The lowest BCUT2D eigenvalue weighted by molar-refractivity contribution is 0.689. The Bertz CT molecular complexity index is 1610. The number of nitrogens with zero attached hydrogens (tertiary/aromatic N) is 4. The van der Waals surface area contributed by atoms with E-state index in [4.69, 9.17) is 38.3 Å². The first-order chi connectivity index (χ1) is 17.5. The van der Waals surface area contributed by atoms with Gasteiger partial charge in [0.2, 0.25) is 5.95 Å². The molecular formula is C30H22Cl2N4. The molecule has 1 aromatic heterocycles. The number of hydrogen-bond donors (Lipinski definition) is 0. The van der Waals surface area contributed by atoms with E-state index in [1.807, 2.05) is 71.7 Å². The van der Waals surface area contributed by atoms with Crippen molar-refractivity contribution in [2.24, 2.45) is 5.10 Å². The number of para-hydroxylation sites is 1. The Balaban J connectivity index is 1.53. The fraction of sp³-hybridized carbons (Fsp3) is 0.100. The third kappa shape index (κ3) is 4.34. The maximum absolute atomic E-state index is 6.39. The average Bonchev–Trinajstić information content (AvgIpc) is 3.34. The van der Waals surface area contributed by atoms with E-state index in [0.717, 1.165) is 45.4 Å². The van der Waals surface area contributed by atoms with Gasteiger partial charge in [-0.3, -0.25) is 0 Å². The van der Waals surface area contributed by atoms with Crippen molar-refractivity contribution >= 4 is 45.8 Å². The highest BCUT2D eigenvalue weighted by atomic mass is 35.5. The van der Waals surface area contributed by atoms with Gasteiger partial charge in [0.05, 0.1) is 23.0 Å². The van der Waals surface area contributed by atoms with Gasteiger partial charge in [0.15, 0.2) is 0 Å². The molecule has 0 aliphatic carbocycles. The highest BCUT2D eigenvalue weighted by molar-refractivity contribution is 6.31. The molecule has 1 aliphatic heterocycles. The monoisotopic (exact) mass is 508 g/mol. The summed E-state index contributed by atoms with van der Waals surface area (Å²) in [6.45, 7) is 2.09. The predicted octanol–water partition coefficient (Wildman–Crippen LogP) is 8.27. The molecule has 6 rings (SSSR count). The van der Waals surface area contributed by atoms with Crippen LogP contribution in [0, 0.1) is 6.92 Å². The zero-order valence-electron chi connectivity index (χ0n) is 19.6. The lowest BCUT2D eigenvalue weighted by atomic mass is 9.98. The molecule has 4 aromatic carbocycles. The fourth-order valence-corrected chi connectivity index (χ4v) is 4.99. The van der Waals surface area contributed by atoms with E-state index in [1.54, 1.807) is 0 Å². The smallest absolute Gasteiger partial charge is 0.223 e. The van der Waals surface area contributed by atoms with Gasteiger partial charge >= 0.3 is 0 Å².